The Balaban J connectivity index is 1.74. The zero-order valence-electron chi connectivity index (χ0n) is 16.3. The summed E-state index contributed by atoms with van der Waals surface area (Å²) in [6.07, 6.45) is 4.42. The van der Waals surface area contributed by atoms with Crippen LogP contribution in [0.15, 0.2) is 40.5 Å². The van der Waals surface area contributed by atoms with E-state index in [1.54, 1.807) is 0 Å². The van der Waals surface area contributed by atoms with Crippen LogP contribution in [0.25, 0.3) is 11.1 Å². The quantitative estimate of drug-likeness (QED) is 0.773. The summed E-state index contributed by atoms with van der Waals surface area (Å²) in [5, 5.41) is 0. The zero-order chi connectivity index (χ0) is 18.9. The molecule has 0 saturated carbocycles. The molecule has 1 aliphatic rings. The van der Waals surface area contributed by atoms with Crippen molar-refractivity contribution in [2.24, 2.45) is 11.3 Å². The van der Waals surface area contributed by atoms with E-state index in [1.165, 1.54) is 0 Å². The molecule has 1 unspecified atom stereocenters. The molecule has 5 nitrogen and oxygen atoms in total. The first kappa shape index (κ1) is 18.5. The highest BCUT2D eigenvalue weighted by Crippen LogP contribution is 2.38. The SMILES string of the molecule is CC1CC(N(C(=O)COc2nc3ccccc3o2)C(C)C)=CC(C)(C)C1. The fraction of sp³-hybridized carbons (Fsp3) is 0.524. The number of hydrogen-bond acceptors (Lipinski definition) is 4. The Morgan fingerprint density at radius 1 is 1.38 bits per heavy atom. The van der Waals surface area contributed by atoms with Crippen molar-refractivity contribution in [3.8, 4) is 6.08 Å². The molecule has 5 heteroatoms. The number of oxazole rings is 1. The molecule has 140 valence electrons. The summed E-state index contributed by atoms with van der Waals surface area (Å²) in [5.41, 5.74) is 2.57. The maximum Gasteiger partial charge on any atom is 0.395 e. The van der Waals surface area contributed by atoms with Crippen molar-refractivity contribution in [2.75, 3.05) is 6.61 Å². The van der Waals surface area contributed by atoms with Gasteiger partial charge in [0.1, 0.15) is 5.52 Å². The molecule has 1 heterocycles. The topological polar surface area (TPSA) is 55.6 Å². The first-order valence-electron chi connectivity index (χ1n) is 9.27. The monoisotopic (exact) mass is 356 g/mol. The standard InChI is InChI=1S/C21H28N2O3/c1-14(2)23(16-10-15(3)11-21(4,5)12-16)19(24)13-25-20-22-17-8-6-7-9-18(17)26-20/h6-9,12,14-15H,10-11,13H2,1-5H3. The molecule has 3 rings (SSSR count). The molecule has 1 aliphatic carbocycles. The largest absolute Gasteiger partial charge is 0.440 e. The van der Waals surface area contributed by atoms with Gasteiger partial charge in [0.15, 0.2) is 12.2 Å². The van der Waals surface area contributed by atoms with E-state index >= 15 is 0 Å². The van der Waals surface area contributed by atoms with Gasteiger partial charge in [0.2, 0.25) is 0 Å². The van der Waals surface area contributed by atoms with E-state index in [9.17, 15) is 4.79 Å². The summed E-state index contributed by atoms with van der Waals surface area (Å²) in [4.78, 5) is 19.0. The number of nitrogens with zero attached hydrogens (tertiary/aromatic N) is 2. The molecule has 0 aliphatic heterocycles. The van der Waals surface area contributed by atoms with E-state index in [-0.39, 0.29) is 30.0 Å². The van der Waals surface area contributed by atoms with Crippen molar-refractivity contribution >= 4 is 17.0 Å². The molecule has 26 heavy (non-hydrogen) atoms. The number of fused-ring (bicyclic) bond motifs is 1. The van der Waals surface area contributed by atoms with E-state index in [1.807, 2.05) is 43.0 Å². The Bertz CT molecular complexity index is 787. The van der Waals surface area contributed by atoms with Crippen LogP contribution in [0.3, 0.4) is 0 Å². The second-order valence-electron chi connectivity index (χ2n) is 8.23. The van der Waals surface area contributed by atoms with Crippen LogP contribution in [0.2, 0.25) is 0 Å². The van der Waals surface area contributed by atoms with Crippen molar-refractivity contribution in [3.05, 3.63) is 36.0 Å². The minimum Gasteiger partial charge on any atom is -0.440 e. The third kappa shape index (κ3) is 4.09. The Labute approximate surface area is 155 Å². The van der Waals surface area contributed by atoms with Crippen LogP contribution >= 0.6 is 0 Å². The Morgan fingerprint density at radius 3 is 2.77 bits per heavy atom. The predicted molar refractivity (Wildman–Crippen MR) is 102 cm³/mol. The van der Waals surface area contributed by atoms with Gasteiger partial charge in [0.05, 0.1) is 0 Å². The lowest BCUT2D eigenvalue weighted by Gasteiger charge is -2.38. The van der Waals surface area contributed by atoms with Gasteiger partial charge in [0.25, 0.3) is 5.91 Å². The van der Waals surface area contributed by atoms with Gasteiger partial charge in [-0.15, -0.1) is 0 Å². The van der Waals surface area contributed by atoms with E-state index in [4.69, 9.17) is 9.15 Å². The lowest BCUT2D eigenvalue weighted by Crippen LogP contribution is -2.41. The van der Waals surface area contributed by atoms with Crippen LogP contribution in [0.4, 0.5) is 0 Å². The fourth-order valence-corrected chi connectivity index (χ4v) is 3.95. The molecule has 1 aromatic heterocycles. The van der Waals surface area contributed by atoms with Gasteiger partial charge in [-0.1, -0.05) is 39.0 Å². The van der Waals surface area contributed by atoms with Crippen LogP contribution in [0.5, 0.6) is 6.08 Å². The number of rotatable bonds is 5. The summed E-state index contributed by atoms with van der Waals surface area (Å²) >= 11 is 0. The smallest absolute Gasteiger partial charge is 0.395 e. The summed E-state index contributed by atoms with van der Waals surface area (Å²) in [5.74, 6) is 0.482. The number of amides is 1. The van der Waals surface area contributed by atoms with Gasteiger partial charge >= 0.3 is 6.08 Å². The number of benzene rings is 1. The molecule has 0 fully saturated rings. The first-order chi connectivity index (χ1) is 12.2. The van der Waals surface area contributed by atoms with Crippen LogP contribution in [0, 0.1) is 11.3 Å². The minimum absolute atomic E-state index is 0.0709. The molecule has 1 atom stereocenters. The number of hydrogen-bond donors (Lipinski definition) is 0. The number of aromatic nitrogens is 1. The number of para-hydroxylation sites is 2. The zero-order valence-corrected chi connectivity index (χ0v) is 16.3. The Hall–Kier alpha value is -2.30. The minimum atomic E-state index is -0.0862. The highest BCUT2D eigenvalue weighted by Gasteiger charge is 2.31. The van der Waals surface area contributed by atoms with E-state index in [0.29, 0.717) is 11.5 Å². The fourth-order valence-electron chi connectivity index (χ4n) is 3.95. The van der Waals surface area contributed by atoms with E-state index < -0.39 is 0 Å². The highest BCUT2D eigenvalue weighted by molar-refractivity contribution is 5.80. The van der Waals surface area contributed by atoms with Gasteiger partial charge < -0.3 is 14.1 Å². The predicted octanol–water partition coefficient (Wildman–Crippen LogP) is 4.78. The normalized spacial score (nSPS) is 19.5. The lowest BCUT2D eigenvalue weighted by molar-refractivity contribution is -0.133. The number of carbonyl (C=O) groups excluding carboxylic acids is 1. The van der Waals surface area contributed by atoms with Crippen molar-refractivity contribution in [1.29, 1.82) is 0 Å². The van der Waals surface area contributed by atoms with Crippen molar-refractivity contribution in [2.45, 2.75) is 53.5 Å². The third-order valence-corrected chi connectivity index (χ3v) is 4.68. The maximum absolute atomic E-state index is 12.9. The second kappa shape index (κ2) is 7.14. The van der Waals surface area contributed by atoms with Crippen LogP contribution in [-0.2, 0) is 4.79 Å². The Kier molecular flexibility index (Phi) is 5.08. The third-order valence-electron chi connectivity index (χ3n) is 4.68. The number of carbonyl (C=O) groups is 1. The summed E-state index contributed by atoms with van der Waals surface area (Å²) in [6, 6.07) is 7.51. The highest BCUT2D eigenvalue weighted by atomic mass is 16.6. The molecular weight excluding hydrogens is 328 g/mol. The van der Waals surface area contributed by atoms with E-state index in [0.717, 1.165) is 24.1 Å². The van der Waals surface area contributed by atoms with Gasteiger partial charge in [-0.05, 0) is 50.2 Å². The lowest BCUT2D eigenvalue weighted by atomic mass is 9.76. The maximum atomic E-state index is 12.9. The molecule has 0 bridgehead atoms. The van der Waals surface area contributed by atoms with Gasteiger partial charge in [0, 0.05) is 11.7 Å². The molecule has 0 radical (unpaired) electrons. The molecule has 1 amide bonds. The Morgan fingerprint density at radius 2 is 2.12 bits per heavy atom. The number of ether oxygens (including phenoxy) is 1. The number of allylic oxidation sites excluding steroid dienone is 2. The molecule has 0 spiro atoms. The second-order valence-corrected chi connectivity index (χ2v) is 8.23. The van der Waals surface area contributed by atoms with Crippen molar-refractivity contribution in [1.82, 2.24) is 9.88 Å². The van der Waals surface area contributed by atoms with Gasteiger partial charge in [-0.25, -0.2) is 0 Å². The van der Waals surface area contributed by atoms with Crippen molar-refractivity contribution in [3.63, 3.8) is 0 Å². The van der Waals surface area contributed by atoms with E-state index in [2.05, 4.69) is 31.8 Å². The molecule has 1 aromatic carbocycles. The van der Waals surface area contributed by atoms with Crippen LogP contribution in [-0.4, -0.2) is 28.4 Å². The average Bonchev–Trinajstić information content (AvgIpc) is 2.93. The van der Waals surface area contributed by atoms with Gasteiger partial charge in [-0.2, -0.15) is 4.98 Å². The molecule has 2 aromatic rings. The molecular formula is C21H28N2O3. The summed E-state index contributed by atoms with van der Waals surface area (Å²) in [7, 11) is 0. The summed E-state index contributed by atoms with van der Waals surface area (Å²) in [6.45, 7) is 10.7. The average molecular weight is 356 g/mol. The van der Waals surface area contributed by atoms with Gasteiger partial charge in [-0.3, -0.25) is 4.79 Å². The summed E-state index contributed by atoms with van der Waals surface area (Å²) < 4.78 is 11.1. The van der Waals surface area contributed by atoms with Crippen molar-refractivity contribution < 1.29 is 13.9 Å². The van der Waals surface area contributed by atoms with Crippen LogP contribution in [0.1, 0.15) is 47.5 Å². The first-order valence-corrected chi connectivity index (χ1v) is 9.27. The molecule has 0 saturated heterocycles. The molecule has 0 N–H and O–H groups in total. The van der Waals surface area contributed by atoms with Crippen LogP contribution < -0.4 is 4.74 Å².